The molecule has 6 nitrogen and oxygen atoms in total. The van der Waals surface area contributed by atoms with Crippen LogP contribution in [-0.2, 0) is 6.54 Å². The zero-order chi connectivity index (χ0) is 22.9. The first kappa shape index (κ1) is 21.5. The molecule has 3 aromatic carbocycles. The average molecular weight is 461 g/mol. The Kier molecular flexibility index (Phi) is 5.79. The lowest BCUT2D eigenvalue weighted by atomic mass is 10.1. The van der Waals surface area contributed by atoms with Gasteiger partial charge in [-0.15, -0.1) is 0 Å². The normalized spacial score (nSPS) is 14.1. The molecule has 0 aliphatic carbocycles. The van der Waals surface area contributed by atoms with Gasteiger partial charge in [0.1, 0.15) is 0 Å². The topological polar surface area (TPSA) is 59.3 Å². The minimum Gasteiger partial charge on any atom is -0.368 e. The van der Waals surface area contributed by atoms with Crippen LogP contribution in [0.3, 0.4) is 0 Å². The zero-order valence-electron chi connectivity index (χ0n) is 18.4. The van der Waals surface area contributed by atoms with Crippen LogP contribution in [0.2, 0.25) is 5.02 Å². The molecule has 0 bridgehead atoms. The fourth-order valence-corrected chi connectivity index (χ4v) is 4.64. The molecule has 4 aromatic rings. The van der Waals surface area contributed by atoms with Gasteiger partial charge in [0.15, 0.2) is 0 Å². The SMILES string of the molecule is Cc1ccc(-n2c(=O)c3c(N4CCNCC4)cc(Cl)cc3n(Cc3ccccc3)c2=O)cc1. The van der Waals surface area contributed by atoms with Gasteiger partial charge < -0.3 is 10.2 Å². The predicted molar refractivity (Wildman–Crippen MR) is 134 cm³/mol. The number of anilines is 1. The van der Waals surface area contributed by atoms with E-state index in [-0.39, 0.29) is 11.2 Å². The van der Waals surface area contributed by atoms with Crippen LogP contribution >= 0.6 is 11.6 Å². The number of fused-ring (bicyclic) bond motifs is 1. The number of aromatic nitrogens is 2. The zero-order valence-corrected chi connectivity index (χ0v) is 19.2. The molecular weight excluding hydrogens is 436 g/mol. The van der Waals surface area contributed by atoms with Crippen molar-refractivity contribution < 1.29 is 0 Å². The Morgan fingerprint density at radius 1 is 0.939 bits per heavy atom. The largest absolute Gasteiger partial charge is 0.368 e. The predicted octanol–water partition coefficient (Wildman–Crippen LogP) is 3.57. The van der Waals surface area contributed by atoms with Crippen molar-refractivity contribution in [1.29, 1.82) is 0 Å². The molecule has 2 heterocycles. The van der Waals surface area contributed by atoms with E-state index in [1.807, 2.05) is 67.6 Å². The molecule has 1 N–H and O–H groups in total. The van der Waals surface area contributed by atoms with Gasteiger partial charge in [0, 0.05) is 31.2 Å². The first-order chi connectivity index (χ1) is 16.0. The summed E-state index contributed by atoms with van der Waals surface area (Å²) in [5.41, 5.74) is 3.21. The van der Waals surface area contributed by atoms with Gasteiger partial charge in [0.25, 0.3) is 5.56 Å². The molecule has 33 heavy (non-hydrogen) atoms. The fourth-order valence-electron chi connectivity index (χ4n) is 4.43. The van der Waals surface area contributed by atoms with Gasteiger partial charge in [0.05, 0.1) is 28.8 Å². The van der Waals surface area contributed by atoms with Crippen LogP contribution in [0, 0.1) is 6.92 Å². The first-order valence-electron chi connectivity index (χ1n) is 11.1. The molecule has 1 fully saturated rings. The van der Waals surface area contributed by atoms with Gasteiger partial charge in [-0.1, -0.05) is 59.6 Å². The van der Waals surface area contributed by atoms with E-state index in [2.05, 4.69) is 10.2 Å². The first-order valence-corrected chi connectivity index (χ1v) is 11.5. The summed E-state index contributed by atoms with van der Waals surface area (Å²) in [6.45, 7) is 5.48. The van der Waals surface area contributed by atoms with Gasteiger partial charge in [-0.3, -0.25) is 9.36 Å². The third-order valence-corrected chi connectivity index (χ3v) is 6.34. The van der Waals surface area contributed by atoms with Gasteiger partial charge in [-0.2, -0.15) is 0 Å². The molecule has 1 aliphatic heterocycles. The van der Waals surface area contributed by atoms with Gasteiger partial charge in [0.2, 0.25) is 0 Å². The second-order valence-corrected chi connectivity index (χ2v) is 8.82. The lowest BCUT2D eigenvalue weighted by Crippen LogP contribution is -2.45. The summed E-state index contributed by atoms with van der Waals surface area (Å²) in [7, 11) is 0. The summed E-state index contributed by atoms with van der Waals surface area (Å²) >= 11 is 6.53. The molecule has 0 radical (unpaired) electrons. The van der Waals surface area contributed by atoms with E-state index in [0.717, 1.165) is 43.0 Å². The Hall–Kier alpha value is -3.35. The third kappa shape index (κ3) is 4.08. The van der Waals surface area contributed by atoms with Crippen molar-refractivity contribution in [3.63, 3.8) is 0 Å². The average Bonchev–Trinajstić information content (AvgIpc) is 2.83. The molecule has 1 saturated heterocycles. The monoisotopic (exact) mass is 460 g/mol. The Morgan fingerprint density at radius 3 is 2.33 bits per heavy atom. The van der Waals surface area contributed by atoms with Crippen LogP contribution in [0.5, 0.6) is 0 Å². The molecule has 0 saturated carbocycles. The summed E-state index contributed by atoms with van der Waals surface area (Å²) in [5, 5.41) is 4.36. The summed E-state index contributed by atoms with van der Waals surface area (Å²) in [6.07, 6.45) is 0. The number of nitrogens with zero attached hydrogens (tertiary/aromatic N) is 3. The number of halogens is 1. The van der Waals surface area contributed by atoms with Gasteiger partial charge >= 0.3 is 5.69 Å². The van der Waals surface area contributed by atoms with E-state index in [1.54, 1.807) is 10.6 Å². The number of benzene rings is 3. The lowest BCUT2D eigenvalue weighted by molar-refractivity contribution is 0.590. The van der Waals surface area contributed by atoms with E-state index in [1.165, 1.54) is 4.57 Å². The summed E-state index contributed by atoms with van der Waals surface area (Å²) < 4.78 is 2.94. The van der Waals surface area contributed by atoms with Crippen LogP contribution in [0.15, 0.2) is 76.3 Å². The fraction of sp³-hybridized carbons (Fsp3) is 0.231. The number of piperazine rings is 1. The highest BCUT2D eigenvalue weighted by Crippen LogP contribution is 2.29. The number of rotatable bonds is 4. The Balaban J connectivity index is 1.85. The summed E-state index contributed by atoms with van der Waals surface area (Å²) in [4.78, 5) is 29.8. The molecular formula is C26H25ClN4O2. The summed E-state index contributed by atoms with van der Waals surface area (Å²) in [6, 6.07) is 20.8. The smallest absolute Gasteiger partial charge is 0.336 e. The van der Waals surface area contributed by atoms with Crippen molar-refractivity contribution in [2.45, 2.75) is 13.5 Å². The second-order valence-electron chi connectivity index (χ2n) is 8.39. The van der Waals surface area contributed by atoms with Crippen molar-refractivity contribution in [1.82, 2.24) is 14.5 Å². The highest BCUT2D eigenvalue weighted by Gasteiger charge is 2.22. The number of hydrogen-bond acceptors (Lipinski definition) is 4. The van der Waals surface area contributed by atoms with Crippen LogP contribution in [0.1, 0.15) is 11.1 Å². The molecule has 0 unspecified atom stereocenters. The van der Waals surface area contributed by atoms with E-state index in [4.69, 9.17) is 11.6 Å². The molecule has 0 spiro atoms. The second kappa shape index (κ2) is 8.89. The van der Waals surface area contributed by atoms with Crippen molar-refractivity contribution in [2.75, 3.05) is 31.1 Å². The van der Waals surface area contributed by atoms with E-state index in [0.29, 0.717) is 28.2 Å². The highest BCUT2D eigenvalue weighted by molar-refractivity contribution is 6.31. The maximum absolute atomic E-state index is 13.9. The van der Waals surface area contributed by atoms with Crippen LogP contribution in [0.4, 0.5) is 5.69 Å². The molecule has 0 atom stereocenters. The number of aryl methyl sites for hydroxylation is 1. The molecule has 1 aromatic heterocycles. The van der Waals surface area contributed by atoms with E-state index in [9.17, 15) is 9.59 Å². The van der Waals surface area contributed by atoms with Crippen LogP contribution < -0.4 is 21.5 Å². The maximum atomic E-state index is 13.9. The van der Waals surface area contributed by atoms with Gasteiger partial charge in [-0.25, -0.2) is 9.36 Å². The molecule has 168 valence electrons. The Bertz CT molecular complexity index is 1420. The standard InChI is InChI=1S/C26H25ClN4O2/c1-18-7-9-21(10-8-18)31-25(32)24-22(29-13-11-28-12-14-29)15-20(27)16-23(24)30(26(31)33)17-19-5-3-2-4-6-19/h2-10,15-16,28H,11-14,17H2,1H3. The van der Waals surface area contributed by atoms with Crippen molar-refractivity contribution in [2.24, 2.45) is 0 Å². The van der Waals surface area contributed by atoms with Crippen LogP contribution in [0.25, 0.3) is 16.6 Å². The molecule has 5 rings (SSSR count). The molecule has 1 aliphatic rings. The minimum absolute atomic E-state index is 0.326. The molecule has 0 amide bonds. The molecule has 7 heteroatoms. The van der Waals surface area contributed by atoms with Crippen molar-refractivity contribution in [3.05, 3.63) is 104 Å². The van der Waals surface area contributed by atoms with Gasteiger partial charge in [-0.05, 0) is 36.8 Å². The van der Waals surface area contributed by atoms with Crippen molar-refractivity contribution >= 4 is 28.2 Å². The van der Waals surface area contributed by atoms with E-state index < -0.39 is 0 Å². The highest BCUT2D eigenvalue weighted by atomic mass is 35.5. The Labute approximate surface area is 196 Å². The third-order valence-electron chi connectivity index (χ3n) is 6.12. The quantitative estimate of drug-likeness (QED) is 0.506. The number of hydrogen-bond donors (Lipinski definition) is 1. The maximum Gasteiger partial charge on any atom is 0.336 e. The summed E-state index contributed by atoms with van der Waals surface area (Å²) in [5.74, 6) is 0. The van der Waals surface area contributed by atoms with Crippen LogP contribution in [-0.4, -0.2) is 35.3 Å². The number of nitrogens with one attached hydrogen (secondary N) is 1. The lowest BCUT2D eigenvalue weighted by Gasteiger charge is -2.31. The van der Waals surface area contributed by atoms with Crippen molar-refractivity contribution in [3.8, 4) is 5.69 Å². The van der Waals surface area contributed by atoms with E-state index >= 15 is 0 Å². The Morgan fingerprint density at radius 2 is 1.64 bits per heavy atom. The minimum atomic E-state index is -0.381.